The number of hydrogen-bond acceptors (Lipinski definition) is 1. The number of aryl methyl sites for hydroxylation is 1. The number of rotatable bonds is 2. The van der Waals surface area contributed by atoms with Crippen molar-refractivity contribution >= 4 is 17.6 Å². The fourth-order valence-electron chi connectivity index (χ4n) is 1.68. The van der Waals surface area contributed by atoms with Crippen LogP contribution in [0.15, 0.2) is 18.2 Å². The lowest BCUT2D eigenvalue weighted by atomic mass is 10.1. The van der Waals surface area contributed by atoms with Gasteiger partial charge in [-0.25, -0.2) is 0 Å². The first kappa shape index (κ1) is 9.53. The van der Waals surface area contributed by atoms with Gasteiger partial charge in [-0.3, -0.25) is 4.79 Å². The molecule has 2 atom stereocenters. The quantitative estimate of drug-likeness (QED) is 0.815. The zero-order valence-electron chi connectivity index (χ0n) is 7.83. The number of aliphatic carboxylic acids is 1. The molecule has 0 amide bonds. The second-order valence-corrected chi connectivity index (χ2v) is 4.20. The van der Waals surface area contributed by atoms with E-state index in [2.05, 4.69) is 0 Å². The molecule has 3 heteroatoms. The Labute approximate surface area is 87.5 Å². The van der Waals surface area contributed by atoms with Gasteiger partial charge in [0, 0.05) is 5.02 Å². The minimum Gasteiger partial charge on any atom is -0.481 e. The van der Waals surface area contributed by atoms with Crippen molar-refractivity contribution in [3.8, 4) is 0 Å². The molecule has 0 spiro atoms. The van der Waals surface area contributed by atoms with Crippen LogP contribution in [-0.2, 0) is 4.79 Å². The van der Waals surface area contributed by atoms with Crippen LogP contribution in [0.3, 0.4) is 0 Å². The third-order valence-corrected chi connectivity index (χ3v) is 3.14. The minimum absolute atomic E-state index is 0.172. The Kier molecular flexibility index (Phi) is 2.23. The Balaban J connectivity index is 2.20. The van der Waals surface area contributed by atoms with Gasteiger partial charge in [-0.2, -0.15) is 0 Å². The molecule has 74 valence electrons. The fourth-order valence-corrected chi connectivity index (χ4v) is 1.87. The van der Waals surface area contributed by atoms with Crippen molar-refractivity contribution in [2.45, 2.75) is 19.3 Å². The first-order valence-electron chi connectivity index (χ1n) is 4.58. The number of halogens is 1. The maximum atomic E-state index is 10.7. The highest BCUT2D eigenvalue weighted by Gasteiger charge is 2.44. The maximum Gasteiger partial charge on any atom is 0.307 e. The second kappa shape index (κ2) is 3.28. The molecule has 14 heavy (non-hydrogen) atoms. The molecule has 2 nitrogen and oxygen atoms in total. The van der Waals surface area contributed by atoms with E-state index in [9.17, 15) is 4.79 Å². The van der Waals surface area contributed by atoms with Gasteiger partial charge in [-0.15, -0.1) is 0 Å². The van der Waals surface area contributed by atoms with Crippen LogP contribution in [0.1, 0.15) is 23.5 Å². The Hall–Kier alpha value is -1.02. The molecule has 0 aliphatic heterocycles. The molecule has 1 fully saturated rings. The summed E-state index contributed by atoms with van der Waals surface area (Å²) in [4.78, 5) is 10.7. The van der Waals surface area contributed by atoms with Crippen molar-refractivity contribution < 1.29 is 9.90 Å². The normalized spacial score (nSPS) is 24.7. The van der Waals surface area contributed by atoms with Gasteiger partial charge in [0.05, 0.1) is 5.92 Å². The molecule has 1 aliphatic rings. The lowest BCUT2D eigenvalue weighted by molar-refractivity contribution is -0.138. The molecule has 1 aliphatic carbocycles. The predicted octanol–water partition coefficient (Wildman–Crippen LogP) is 2.84. The van der Waals surface area contributed by atoms with E-state index in [1.54, 1.807) is 0 Å². The predicted molar refractivity (Wildman–Crippen MR) is 54.7 cm³/mol. The van der Waals surface area contributed by atoms with Crippen LogP contribution in [0.2, 0.25) is 5.02 Å². The number of hydrogen-bond donors (Lipinski definition) is 1. The van der Waals surface area contributed by atoms with Gasteiger partial charge in [0.25, 0.3) is 0 Å². The Morgan fingerprint density at radius 2 is 2.29 bits per heavy atom. The average molecular weight is 211 g/mol. The lowest BCUT2D eigenvalue weighted by Gasteiger charge is -2.02. The number of carboxylic acid groups (broad SMARTS) is 1. The van der Waals surface area contributed by atoms with Crippen molar-refractivity contribution in [3.63, 3.8) is 0 Å². The number of carbonyl (C=O) groups is 1. The fraction of sp³-hybridized carbons (Fsp3) is 0.364. The van der Waals surface area contributed by atoms with E-state index in [4.69, 9.17) is 16.7 Å². The monoisotopic (exact) mass is 210 g/mol. The highest BCUT2D eigenvalue weighted by atomic mass is 35.5. The smallest absolute Gasteiger partial charge is 0.307 e. The standard InChI is InChI=1S/C11H11ClO2/c1-6-2-3-7(4-10(6)12)8-5-9(8)11(13)14/h2-4,8-9H,5H2,1H3,(H,13,14)/t8?,9-/m1/s1. The summed E-state index contributed by atoms with van der Waals surface area (Å²) in [5.41, 5.74) is 2.08. The molecule has 1 N–H and O–H groups in total. The summed E-state index contributed by atoms with van der Waals surface area (Å²) in [5, 5.41) is 9.50. The Morgan fingerprint density at radius 3 is 2.79 bits per heavy atom. The molecule has 0 saturated heterocycles. The molecular weight excluding hydrogens is 200 g/mol. The summed E-state index contributed by atoms with van der Waals surface area (Å²) in [6.45, 7) is 1.94. The molecule has 1 aromatic carbocycles. The molecule has 1 aromatic rings. The van der Waals surface area contributed by atoms with E-state index in [0.29, 0.717) is 0 Å². The van der Waals surface area contributed by atoms with Crippen LogP contribution in [0, 0.1) is 12.8 Å². The Morgan fingerprint density at radius 1 is 1.57 bits per heavy atom. The minimum atomic E-state index is -0.702. The number of benzene rings is 1. The third kappa shape index (κ3) is 1.62. The molecular formula is C11H11ClO2. The third-order valence-electron chi connectivity index (χ3n) is 2.73. The van der Waals surface area contributed by atoms with Gasteiger partial charge in [0.2, 0.25) is 0 Å². The van der Waals surface area contributed by atoms with Gasteiger partial charge >= 0.3 is 5.97 Å². The molecule has 0 radical (unpaired) electrons. The van der Waals surface area contributed by atoms with Gasteiger partial charge in [-0.05, 0) is 36.5 Å². The zero-order chi connectivity index (χ0) is 10.3. The SMILES string of the molecule is Cc1ccc(C2C[C@H]2C(=O)O)cc1Cl. The summed E-state index contributed by atoms with van der Waals surface area (Å²) in [6, 6.07) is 5.79. The highest BCUT2D eigenvalue weighted by molar-refractivity contribution is 6.31. The van der Waals surface area contributed by atoms with Crippen molar-refractivity contribution in [1.29, 1.82) is 0 Å². The van der Waals surface area contributed by atoms with E-state index in [1.807, 2.05) is 25.1 Å². The van der Waals surface area contributed by atoms with Crippen molar-refractivity contribution in [1.82, 2.24) is 0 Å². The summed E-state index contributed by atoms with van der Waals surface area (Å²) in [6.07, 6.45) is 0.745. The second-order valence-electron chi connectivity index (χ2n) is 3.80. The molecule has 0 bridgehead atoms. The van der Waals surface area contributed by atoms with E-state index in [-0.39, 0.29) is 11.8 Å². The first-order chi connectivity index (χ1) is 6.59. The largest absolute Gasteiger partial charge is 0.481 e. The van der Waals surface area contributed by atoms with Gasteiger partial charge < -0.3 is 5.11 Å². The van der Waals surface area contributed by atoms with Crippen LogP contribution in [-0.4, -0.2) is 11.1 Å². The van der Waals surface area contributed by atoms with Gasteiger partial charge in [0.1, 0.15) is 0 Å². The van der Waals surface area contributed by atoms with Crippen molar-refractivity contribution in [2.24, 2.45) is 5.92 Å². The van der Waals surface area contributed by atoms with E-state index in [0.717, 1.165) is 22.6 Å². The Bertz CT molecular complexity index is 387. The highest BCUT2D eigenvalue weighted by Crippen LogP contribution is 2.48. The molecule has 0 aromatic heterocycles. The van der Waals surface area contributed by atoms with Crippen LogP contribution >= 0.6 is 11.6 Å². The summed E-state index contributed by atoms with van der Waals surface area (Å²) < 4.78 is 0. The zero-order valence-corrected chi connectivity index (χ0v) is 8.58. The molecule has 2 rings (SSSR count). The summed E-state index contributed by atoms with van der Waals surface area (Å²) in [7, 11) is 0. The summed E-state index contributed by atoms with van der Waals surface area (Å²) in [5.74, 6) is -0.730. The van der Waals surface area contributed by atoms with Crippen molar-refractivity contribution in [3.05, 3.63) is 34.3 Å². The van der Waals surface area contributed by atoms with Gasteiger partial charge in [0.15, 0.2) is 0 Å². The van der Waals surface area contributed by atoms with Gasteiger partial charge in [-0.1, -0.05) is 23.7 Å². The molecule has 1 saturated carbocycles. The average Bonchev–Trinajstić information content (AvgIpc) is 2.89. The van der Waals surface area contributed by atoms with E-state index < -0.39 is 5.97 Å². The maximum absolute atomic E-state index is 10.7. The van der Waals surface area contributed by atoms with Crippen LogP contribution < -0.4 is 0 Å². The van der Waals surface area contributed by atoms with Crippen LogP contribution in [0.5, 0.6) is 0 Å². The van der Waals surface area contributed by atoms with Crippen LogP contribution in [0.25, 0.3) is 0 Å². The molecule has 1 unspecified atom stereocenters. The first-order valence-corrected chi connectivity index (χ1v) is 4.96. The molecule has 0 heterocycles. The number of carboxylic acids is 1. The summed E-state index contributed by atoms with van der Waals surface area (Å²) >= 11 is 5.97. The lowest BCUT2D eigenvalue weighted by Crippen LogP contribution is -1.98. The van der Waals surface area contributed by atoms with Crippen LogP contribution in [0.4, 0.5) is 0 Å². The van der Waals surface area contributed by atoms with Crippen molar-refractivity contribution in [2.75, 3.05) is 0 Å². The van der Waals surface area contributed by atoms with E-state index >= 15 is 0 Å². The topological polar surface area (TPSA) is 37.3 Å². The van der Waals surface area contributed by atoms with E-state index in [1.165, 1.54) is 0 Å².